The standard InChI is InChI=1S/C20H16BrNS/c1-15-2-10-19(11-3-15)23-20-12-4-16(5-13-20)14-22-18-8-6-17(21)7-9-18/h2-14H,1H3. The van der Waals surface area contributed by atoms with Gasteiger partial charge in [0.05, 0.1) is 5.69 Å². The van der Waals surface area contributed by atoms with Gasteiger partial charge in [0.25, 0.3) is 0 Å². The number of aryl methyl sites for hydroxylation is 1. The van der Waals surface area contributed by atoms with Gasteiger partial charge < -0.3 is 0 Å². The van der Waals surface area contributed by atoms with Crippen LogP contribution in [0.4, 0.5) is 5.69 Å². The molecule has 0 aromatic heterocycles. The van der Waals surface area contributed by atoms with E-state index in [4.69, 9.17) is 0 Å². The Labute approximate surface area is 149 Å². The van der Waals surface area contributed by atoms with Gasteiger partial charge in [-0.1, -0.05) is 57.5 Å². The van der Waals surface area contributed by atoms with Crippen LogP contribution < -0.4 is 0 Å². The molecule has 0 bridgehead atoms. The molecule has 3 aromatic rings. The van der Waals surface area contributed by atoms with Gasteiger partial charge in [0.1, 0.15) is 0 Å². The van der Waals surface area contributed by atoms with E-state index in [1.165, 1.54) is 15.4 Å². The zero-order valence-electron chi connectivity index (χ0n) is 12.7. The van der Waals surface area contributed by atoms with Crippen LogP contribution in [0.3, 0.4) is 0 Å². The molecule has 0 fully saturated rings. The van der Waals surface area contributed by atoms with Crippen molar-refractivity contribution in [1.29, 1.82) is 0 Å². The molecule has 0 spiro atoms. The molecule has 0 N–H and O–H groups in total. The van der Waals surface area contributed by atoms with E-state index in [-0.39, 0.29) is 0 Å². The molecule has 0 aliphatic rings. The van der Waals surface area contributed by atoms with Crippen LogP contribution in [-0.2, 0) is 0 Å². The fraction of sp³-hybridized carbons (Fsp3) is 0.0500. The fourth-order valence-corrected chi connectivity index (χ4v) is 3.12. The van der Waals surface area contributed by atoms with Crippen molar-refractivity contribution in [2.45, 2.75) is 16.7 Å². The van der Waals surface area contributed by atoms with Gasteiger partial charge in [0.15, 0.2) is 0 Å². The highest BCUT2D eigenvalue weighted by molar-refractivity contribution is 9.10. The third kappa shape index (κ3) is 4.81. The van der Waals surface area contributed by atoms with E-state index in [1.54, 1.807) is 11.8 Å². The monoisotopic (exact) mass is 381 g/mol. The summed E-state index contributed by atoms with van der Waals surface area (Å²) in [5.74, 6) is 0. The Kier molecular flexibility index (Phi) is 5.31. The fourth-order valence-electron chi connectivity index (χ4n) is 2.04. The molecule has 0 aliphatic carbocycles. The molecule has 0 heterocycles. The highest BCUT2D eigenvalue weighted by Gasteiger charge is 1.97. The number of nitrogens with zero attached hydrogens (tertiary/aromatic N) is 1. The van der Waals surface area contributed by atoms with Crippen molar-refractivity contribution >= 4 is 39.6 Å². The molecule has 0 unspecified atom stereocenters. The highest BCUT2D eigenvalue weighted by atomic mass is 79.9. The summed E-state index contributed by atoms with van der Waals surface area (Å²) in [6.45, 7) is 2.11. The number of rotatable bonds is 4. The lowest BCUT2D eigenvalue weighted by Gasteiger charge is -2.02. The van der Waals surface area contributed by atoms with Crippen molar-refractivity contribution in [2.24, 2.45) is 4.99 Å². The van der Waals surface area contributed by atoms with Crippen molar-refractivity contribution in [3.05, 3.63) is 88.4 Å². The lowest BCUT2D eigenvalue weighted by atomic mass is 10.2. The SMILES string of the molecule is Cc1ccc(Sc2ccc(C=Nc3ccc(Br)cc3)cc2)cc1. The van der Waals surface area contributed by atoms with Crippen LogP contribution in [0.15, 0.2) is 92.1 Å². The maximum absolute atomic E-state index is 4.49. The first-order valence-corrected chi connectivity index (χ1v) is 8.94. The Hall–Kier alpha value is -1.84. The third-order valence-electron chi connectivity index (χ3n) is 3.33. The van der Waals surface area contributed by atoms with Gasteiger partial charge in [-0.25, -0.2) is 0 Å². The molecule has 0 saturated carbocycles. The van der Waals surface area contributed by atoms with Gasteiger partial charge in [-0.05, 0) is 61.0 Å². The Morgan fingerprint density at radius 2 is 1.35 bits per heavy atom. The minimum absolute atomic E-state index is 0.950. The Bertz CT molecular complexity index is 791. The zero-order valence-corrected chi connectivity index (χ0v) is 15.1. The van der Waals surface area contributed by atoms with Crippen LogP contribution >= 0.6 is 27.7 Å². The Morgan fingerprint density at radius 3 is 1.96 bits per heavy atom. The van der Waals surface area contributed by atoms with Crippen molar-refractivity contribution in [2.75, 3.05) is 0 Å². The number of benzene rings is 3. The molecule has 0 saturated heterocycles. The summed E-state index contributed by atoms with van der Waals surface area (Å²) in [4.78, 5) is 6.98. The van der Waals surface area contributed by atoms with Gasteiger partial charge >= 0.3 is 0 Å². The van der Waals surface area contributed by atoms with Crippen molar-refractivity contribution in [1.82, 2.24) is 0 Å². The molecule has 114 valence electrons. The molecular formula is C20H16BrNS. The molecule has 23 heavy (non-hydrogen) atoms. The molecule has 1 nitrogen and oxygen atoms in total. The topological polar surface area (TPSA) is 12.4 Å². The van der Waals surface area contributed by atoms with Gasteiger partial charge in [-0.3, -0.25) is 4.99 Å². The summed E-state index contributed by atoms with van der Waals surface area (Å²) in [7, 11) is 0. The second kappa shape index (κ2) is 7.62. The number of aliphatic imine (C=N–C) groups is 1. The van der Waals surface area contributed by atoms with E-state index in [0.717, 1.165) is 15.7 Å². The predicted octanol–water partition coefficient (Wildman–Crippen LogP) is 6.66. The van der Waals surface area contributed by atoms with Crippen LogP contribution in [0.2, 0.25) is 0 Å². The highest BCUT2D eigenvalue weighted by Crippen LogP contribution is 2.27. The van der Waals surface area contributed by atoms with Crippen molar-refractivity contribution in [3.8, 4) is 0 Å². The van der Waals surface area contributed by atoms with Crippen LogP contribution in [0.5, 0.6) is 0 Å². The smallest absolute Gasteiger partial charge is 0.0630 e. The molecular weight excluding hydrogens is 366 g/mol. The minimum atomic E-state index is 0.950. The minimum Gasteiger partial charge on any atom is -0.256 e. The van der Waals surface area contributed by atoms with E-state index in [9.17, 15) is 0 Å². The average molecular weight is 382 g/mol. The van der Waals surface area contributed by atoms with Gasteiger partial charge in [-0.15, -0.1) is 0 Å². The molecule has 0 aliphatic heterocycles. The summed E-state index contributed by atoms with van der Waals surface area (Å²) in [6, 6.07) is 25.0. The molecule has 0 amide bonds. The van der Waals surface area contributed by atoms with Crippen LogP contribution in [-0.4, -0.2) is 6.21 Å². The van der Waals surface area contributed by atoms with Gasteiger partial charge in [-0.2, -0.15) is 0 Å². The molecule has 0 atom stereocenters. The first kappa shape index (κ1) is 16.0. The predicted molar refractivity (Wildman–Crippen MR) is 103 cm³/mol. The molecule has 3 aromatic carbocycles. The normalized spacial score (nSPS) is 11.0. The summed E-state index contributed by atoms with van der Waals surface area (Å²) in [5.41, 5.74) is 3.33. The Balaban J connectivity index is 1.67. The quantitative estimate of drug-likeness (QED) is 0.460. The first-order valence-electron chi connectivity index (χ1n) is 7.33. The van der Waals surface area contributed by atoms with Crippen molar-refractivity contribution in [3.63, 3.8) is 0 Å². The van der Waals surface area contributed by atoms with Crippen LogP contribution in [0.1, 0.15) is 11.1 Å². The lowest BCUT2D eigenvalue weighted by Crippen LogP contribution is -1.81. The lowest BCUT2D eigenvalue weighted by molar-refractivity contribution is 1.36. The summed E-state index contributed by atoms with van der Waals surface area (Å²) >= 11 is 5.20. The van der Waals surface area contributed by atoms with E-state index >= 15 is 0 Å². The van der Waals surface area contributed by atoms with E-state index < -0.39 is 0 Å². The second-order valence-corrected chi connectivity index (χ2v) is 7.28. The van der Waals surface area contributed by atoms with Crippen LogP contribution in [0.25, 0.3) is 0 Å². The summed E-state index contributed by atoms with van der Waals surface area (Å²) < 4.78 is 1.06. The van der Waals surface area contributed by atoms with Crippen molar-refractivity contribution < 1.29 is 0 Å². The number of halogens is 1. The maximum atomic E-state index is 4.49. The van der Waals surface area contributed by atoms with Gasteiger partial charge in [0.2, 0.25) is 0 Å². The zero-order chi connectivity index (χ0) is 16.1. The molecule has 3 rings (SSSR count). The third-order valence-corrected chi connectivity index (χ3v) is 4.87. The maximum Gasteiger partial charge on any atom is 0.0630 e. The van der Waals surface area contributed by atoms with E-state index in [1.807, 2.05) is 30.5 Å². The summed E-state index contributed by atoms with van der Waals surface area (Å²) in [5, 5.41) is 0. The second-order valence-electron chi connectivity index (χ2n) is 5.22. The van der Waals surface area contributed by atoms with Crippen LogP contribution in [0, 0.1) is 6.92 Å². The average Bonchev–Trinajstić information content (AvgIpc) is 2.58. The largest absolute Gasteiger partial charge is 0.256 e. The number of hydrogen-bond donors (Lipinski definition) is 0. The first-order chi connectivity index (χ1) is 11.2. The van der Waals surface area contributed by atoms with E-state index in [0.29, 0.717) is 0 Å². The molecule has 3 heteroatoms. The Morgan fingerprint density at radius 1 is 0.783 bits per heavy atom. The summed E-state index contributed by atoms with van der Waals surface area (Å²) in [6.07, 6.45) is 1.89. The molecule has 0 radical (unpaired) electrons. The van der Waals surface area contributed by atoms with E-state index in [2.05, 4.69) is 76.4 Å². The van der Waals surface area contributed by atoms with Gasteiger partial charge in [0, 0.05) is 20.5 Å². The number of hydrogen-bond acceptors (Lipinski definition) is 2.